The van der Waals surface area contributed by atoms with Crippen molar-refractivity contribution in [3.8, 4) is 0 Å². The summed E-state index contributed by atoms with van der Waals surface area (Å²) in [6.45, 7) is 0. The molecule has 0 bridgehead atoms. The predicted octanol–water partition coefficient (Wildman–Crippen LogP) is 1.49. The second-order valence-corrected chi connectivity index (χ2v) is 4.60. The van der Waals surface area contributed by atoms with Crippen LogP contribution in [0.4, 0.5) is 0 Å². The summed E-state index contributed by atoms with van der Waals surface area (Å²) in [6.07, 6.45) is 0. The van der Waals surface area contributed by atoms with E-state index in [-0.39, 0.29) is 5.91 Å². The van der Waals surface area contributed by atoms with Crippen molar-refractivity contribution in [1.82, 2.24) is 4.90 Å². The molecule has 0 saturated carbocycles. The van der Waals surface area contributed by atoms with Gasteiger partial charge in [-0.3, -0.25) is 4.79 Å². The zero-order valence-electron chi connectivity index (χ0n) is 7.45. The summed E-state index contributed by atoms with van der Waals surface area (Å²) < 4.78 is 0.650. The highest BCUT2D eigenvalue weighted by atomic mass is 35.5. The molecule has 0 aliphatic carbocycles. The number of hydrogen-bond donors (Lipinski definition) is 1. The zero-order chi connectivity index (χ0) is 10.0. The first-order valence-corrected chi connectivity index (χ1v) is 4.94. The lowest BCUT2D eigenvalue weighted by Crippen LogP contribution is -2.32. The lowest BCUT2D eigenvalue weighted by Gasteiger charge is -2.14. The van der Waals surface area contributed by atoms with Crippen molar-refractivity contribution in [2.24, 2.45) is 5.73 Å². The van der Waals surface area contributed by atoms with E-state index >= 15 is 0 Å². The van der Waals surface area contributed by atoms with Crippen LogP contribution in [0.5, 0.6) is 0 Å². The summed E-state index contributed by atoms with van der Waals surface area (Å²) in [5.41, 5.74) is 5.71. The molecule has 1 unspecified atom stereocenters. The summed E-state index contributed by atoms with van der Waals surface area (Å²) in [5, 5.41) is 0. The first-order valence-electron chi connectivity index (χ1n) is 3.74. The van der Waals surface area contributed by atoms with Gasteiger partial charge in [0.25, 0.3) is 0 Å². The molecule has 72 valence electrons. The van der Waals surface area contributed by atoms with Crippen molar-refractivity contribution in [3.05, 3.63) is 21.3 Å². The van der Waals surface area contributed by atoms with E-state index in [1.807, 2.05) is 0 Å². The minimum atomic E-state index is -0.590. The normalized spacial score (nSPS) is 12.6. The molecule has 3 nitrogen and oxygen atoms in total. The molecule has 0 fully saturated rings. The molecule has 5 heteroatoms. The molecular formula is C8H11ClN2OS. The highest BCUT2D eigenvalue weighted by molar-refractivity contribution is 7.16. The zero-order valence-corrected chi connectivity index (χ0v) is 9.02. The summed E-state index contributed by atoms with van der Waals surface area (Å²) >= 11 is 7.06. The number of likely N-dealkylation sites (N-methyl/N-ethyl adjacent to an activating group) is 1. The van der Waals surface area contributed by atoms with Crippen LogP contribution in [0, 0.1) is 0 Å². The third-order valence-electron chi connectivity index (χ3n) is 1.61. The molecular weight excluding hydrogens is 208 g/mol. The van der Waals surface area contributed by atoms with Gasteiger partial charge in [-0.2, -0.15) is 0 Å². The van der Waals surface area contributed by atoms with Crippen LogP contribution < -0.4 is 5.73 Å². The quantitative estimate of drug-likeness (QED) is 0.818. The Hall–Kier alpha value is -0.580. The smallest absolute Gasteiger partial charge is 0.244 e. The molecule has 0 saturated heterocycles. The highest BCUT2D eigenvalue weighted by Crippen LogP contribution is 2.26. The van der Waals surface area contributed by atoms with E-state index < -0.39 is 6.04 Å². The molecule has 1 rings (SSSR count). The van der Waals surface area contributed by atoms with Crippen molar-refractivity contribution in [2.75, 3.05) is 14.1 Å². The minimum Gasteiger partial charge on any atom is -0.347 e. The maximum atomic E-state index is 11.4. The monoisotopic (exact) mass is 218 g/mol. The third kappa shape index (κ3) is 2.43. The Bertz CT molecular complexity index is 311. The van der Waals surface area contributed by atoms with Gasteiger partial charge in [-0.1, -0.05) is 11.6 Å². The molecule has 1 heterocycles. The number of carbonyl (C=O) groups excluding carboxylic acids is 1. The van der Waals surface area contributed by atoms with Crippen LogP contribution in [0.2, 0.25) is 4.34 Å². The molecule has 13 heavy (non-hydrogen) atoms. The number of halogens is 1. The van der Waals surface area contributed by atoms with Gasteiger partial charge in [0.15, 0.2) is 0 Å². The summed E-state index contributed by atoms with van der Waals surface area (Å²) in [5.74, 6) is -0.112. The molecule has 0 aliphatic heterocycles. The van der Waals surface area contributed by atoms with Crippen LogP contribution in [-0.4, -0.2) is 24.9 Å². The van der Waals surface area contributed by atoms with Crippen LogP contribution in [0.15, 0.2) is 12.1 Å². The van der Waals surface area contributed by atoms with Gasteiger partial charge in [0, 0.05) is 19.0 Å². The number of nitrogens with two attached hydrogens (primary N) is 1. The minimum absolute atomic E-state index is 0.112. The lowest BCUT2D eigenvalue weighted by molar-refractivity contribution is -0.130. The van der Waals surface area contributed by atoms with Gasteiger partial charge >= 0.3 is 0 Å². The first-order chi connectivity index (χ1) is 6.02. The molecule has 2 N–H and O–H groups in total. The lowest BCUT2D eigenvalue weighted by atomic mass is 10.2. The fourth-order valence-electron chi connectivity index (χ4n) is 0.895. The maximum absolute atomic E-state index is 11.4. The van der Waals surface area contributed by atoms with Crippen molar-refractivity contribution >= 4 is 28.8 Å². The Balaban J connectivity index is 2.79. The molecule has 1 aromatic heterocycles. The molecule has 0 spiro atoms. The average molecular weight is 219 g/mol. The molecule has 1 amide bonds. The molecule has 0 aromatic carbocycles. The Morgan fingerprint density at radius 2 is 2.23 bits per heavy atom. The van der Waals surface area contributed by atoms with Gasteiger partial charge in [0.05, 0.1) is 4.34 Å². The average Bonchev–Trinajstić information content (AvgIpc) is 2.49. The van der Waals surface area contributed by atoms with Gasteiger partial charge < -0.3 is 10.6 Å². The maximum Gasteiger partial charge on any atom is 0.244 e. The second kappa shape index (κ2) is 4.09. The number of hydrogen-bond acceptors (Lipinski definition) is 3. The van der Waals surface area contributed by atoms with Crippen molar-refractivity contribution < 1.29 is 4.79 Å². The number of thiophene rings is 1. The van der Waals surface area contributed by atoms with Crippen molar-refractivity contribution in [3.63, 3.8) is 0 Å². The van der Waals surface area contributed by atoms with Crippen LogP contribution >= 0.6 is 22.9 Å². The number of amides is 1. The van der Waals surface area contributed by atoms with E-state index in [1.165, 1.54) is 16.2 Å². The third-order valence-corrected chi connectivity index (χ3v) is 2.92. The number of nitrogens with zero attached hydrogens (tertiary/aromatic N) is 1. The standard InChI is InChI=1S/C8H11ClN2OS/c1-11(2)8(12)7(10)5-3-4-6(9)13-5/h3-4,7H,10H2,1-2H3. The summed E-state index contributed by atoms with van der Waals surface area (Å²) in [6, 6.07) is 2.93. The van der Waals surface area contributed by atoms with Crippen LogP contribution in [-0.2, 0) is 4.79 Å². The highest BCUT2D eigenvalue weighted by Gasteiger charge is 2.18. The van der Waals surface area contributed by atoms with Crippen molar-refractivity contribution in [2.45, 2.75) is 6.04 Å². The van der Waals surface area contributed by atoms with Gasteiger partial charge in [-0.05, 0) is 12.1 Å². The Morgan fingerprint density at radius 1 is 1.62 bits per heavy atom. The largest absolute Gasteiger partial charge is 0.347 e. The molecule has 1 atom stereocenters. The first kappa shape index (κ1) is 10.5. The van der Waals surface area contributed by atoms with Crippen LogP contribution in [0.3, 0.4) is 0 Å². The number of carbonyl (C=O) groups is 1. The fourth-order valence-corrected chi connectivity index (χ4v) is 1.95. The van der Waals surface area contributed by atoms with E-state index in [1.54, 1.807) is 26.2 Å². The second-order valence-electron chi connectivity index (χ2n) is 2.85. The SMILES string of the molecule is CN(C)C(=O)C(N)c1ccc(Cl)s1. The summed E-state index contributed by atoms with van der Waals surface area (Å²) in [7, 11) is 3.36. The summed E-state index contributed by atoms with van der Waals surface area (Å²) in [4.78, 5) is 13.7. The van der Waals surface area contributed by atoms with E-state index in [2.05, 4.69) is 0 Å². The van der Waals surface area contributed by atoms with Crippen molar-refractivity contribution in [1.29, 1.82) is 0 Å². The Kier molecular flexibility index (Phi) is 3.30. The fraction of sp³-hybridized carbons (Fsp3) is 0.375. The van der Waals surface area contributed by atoms with Crippen LogP contribution in [0.25, 0.3) is 0 Å². The van der Waals surface area contributed by atoms with E-state index in [0.717, 1.165) is 4.88 Å². The Labute approximate surface area is 86.1 Å². The van der Waals surface area contributed by atoms with Gasteiger partial charge in [-0.25, -0.2) is 0 Å². The van der Waals surface area contributed by atoms with E-state index in [4.69, 9.17) is 17.3 Å². The topological polar surface area (TPSA) is 46.3 Å². The van der Waals surface area contributed by atoms with E-state index in [9.17, 15) is 4.79 Å². The van der Waals surface area contributed by atoms with Gasteiger partial charge in [0.1, 0.15) is 6.04 Å². The molecule has 0 radical (unpaired) electrons. The van der Waals surface area contributed by atoms with Crippen LogP contribution in [0.1, 0.15) is 10.9 Å². The van der Waals surface area contributed by atoms with Gasteiger partial charge in [0.2, 0.25) is 5.91 Å². The Morgan fingerprint density at radius 3 is 2.62 bits per heavy atom. The number of rotatable bonds is 2. The molecule has 1 aromatic rings. The van der Waals surface area contributed by atoms with Gasteiger partial charge in [-0.15, -0.1) is 11.3 Å². The van der Waals surface area contributed by atoms with E-state index in [0.29, 0.717) is 4.34 Å². The predicted molar refractivity (Wildman–Crippen MR) is 55.0 cm³/mol. The molecule has 0 aliphatic rings.